The Labute approximate surface area is 155 Å². The molecule has 1 atom stereocenters. The van der Waals surface area contributed by atoms with Gasteiger partial charge in [0.2, 0.25) is 0 Å². The Hall–Kier alpha value is -2.47. The Balaban J connectivity index is 1.66. The van der Waals surface area contributed by atoms with Crippen molar-refractivity contribution in [2.24, 2.45) is 0 Å². The lowest BCUT2D eigenvalue weighted by molar-refractivity contribution is 0.0669. The topological polar surface area (TPSA) is 46.3 Å². The van der Waals surface area contributed by atoms with E-state index in [1.54, 1.807) is 34.4 Å². The zero-order valence-electron chi connectivity index (χ0n) is 14.2. The first kappa shape index (κ1) is 17.0. The first-order valence-electron chi connectivity index (χ1n) is 8.80. The number of rotatable bonds is 3. The van der Waals surface area contributed by atoms with E-state index >= 15 is 0 Å². The standard InChI is InChI=1S/C20H19FN2O2S/c21-15-8-4-3-7-14(15)20(24)23-11-5-1-2-9-17(23)16-13-18(25-22-16)19-10-6-12-26-19/h3-4,6-8,10,12-13,17H,1-2,5,9,11H2. The molecular formula is C20H19FN2O2S. The number of carbonyl (C=O) groups excluding carboxylic acids is 1. The van der Waals surface area contributed by atoms with Crippen LogP contribution in [0.15, 0.2) is 52.4 Å². The largest absolute Gasteiger partial charge is 0.355 e. The third-order valence-electron chi connectivity index (χ3n) is 4.75. The van der Waals surface area contributed by atoms with Crippen LogP contribution in [0.4, 0.5) is 4.39 Å². The van der Waals surface area contributed by atoms with Gasteiger partial charge in [0.15, 0.2) is 5.76 Å². The number of hydrogen-bond donors (Lipinski definition) is 0. The third-order valence-corrected chi connectivity index (χ3v) is 5.64. The number of aromatic nitrogens is 1. The third kappa shape index (κ3) is 3.29. The van der Waals surface area contributed by atoms with Crippen molar-refractivity contribution in [3.63, 3.8) is 0 Å². The molecule has 2 aromatic heterocycles. The second-order valence-corrected chi connectivity index (χ2v) is 7.38. The first-order valence-corrected chi connectivity index (χ1v) is 9.68. The van der Waals surface area contributed by atoms with E-state index in [9.17, 15) is 9.18 Å². The van der Waals surface area contributed by atoms with Crippen molar-refractivity contribution in [3.05, 3.63) is 64.9 Å². The van der Waals surface area contributed by atoms with E-state index in [-0.39, 0.29) is 17.5 Å². The molecule has 4 nitrogen and oxygen atoms in total. The second kappa shape index (κ2) is 7.41. The summed E-state index contributed by atoms with van der Waals surface area (Å²) in [6, 6.07) is 11.8. The Morgan fingerprint density at radius 3 is 2.88 bits per heavy atom. The summed E-state index contributed by atoms with van der Waals surface area (Å²) in [4.78, 5) is 15.8. The lowest BCUT2D eigenvalue weighted by atomic mass is 10.0. The quantitative estimate of drug-likeness (QED) is 0.628. The van der Waals surface area contributed by atoms with Crippen LogP contribution >= 0.6 is 11.3 Å². The minimum atomic E-state index is -0.486. The van der Waals surface area contributed by atoms with Crippen molar-refractivity contribution in [3.8, 4) is 10.6 Å². The molecule has 1 aliphatic heterocycles. The summed E-state index contributed by atoms with van der Waals surface area (Å²) < 4.78 is 19.6. The van der Waals surface area contributed by atoms with Gasteiger partial charge in [-0.2, -0.15) is 0 Å². The maximum absolute atomic E-state index is 14.1. The number of amides is 1. The fourth-order valence-corrected chi connectivity index (χ4v) is 4.10. The molecule has 1 aliphatic rings. The highest BCUT2D eigenvalue weighted by Crippen LogP contribution is 2.34. The van der Waals surface area contributed by atoms with Crippen LogP contribution in [-0.4, -0.2) is 22.5 Å². The lowest BCUT2D eigenvalue weighted by Crippen LogP contribution is -2.35. The molecule has 1 fully saturated rings. The molecule has 1 aromatic carbocycles. The highest BCUT2D eigenvalue weighted by Gasteiger charge is 2.31. The molecule has 4 rings (SSSR count). The van der Waals surface area contributed by atoms with Gasteiger partial charge in [0, 0.05) is 12.6 Å². The predicted octanol–water partition coefficient (Wildman–Crippen LogP) is 5.30. The van der Waals surface area contributed by atoms with E-state index in [0.717, 1.165) is 36.3 Å². The molecule has 134 valence electrons. The van der Waals surface area contributed by atoms with Crippen LogP contribution in [0.25, 0.3) is 10.6 Å². The van der Waals surface area contributed by atoms with Gasteiger partial charge in [0.05, 0.1) is 16.5 Å². The zero-order chi connectivity index (χ0) is 17.9. The van der Waals surface area contributed by atoms with Crippen LogP contribution < -0.4 is 0 Å². The highest BCUT2D eigenvalue weighted by molar-refractivity contribution is 7.13. The van der Waals surface area contributed by atoms with Crippen LogP contribution in [0.5, 0.6) is 0 Å². The highest BCUT2D eigenvalue weighted by atomic mass is 32.1. The van der Waals surface area contributed by atoms with E-state index < -0.39 is 5.82 Å². The molecule has 3 heterocycles. The molecule has 1 saturated heterocycles. The van der Waals surface area contributed by atoms with E-state index in [0.29, 0.717) is 12.3 Å². The van der Waals surface area contributed by atoms with Gasteiger partial charge in [0.1, 0.15) is 11.5 Å². The number of carbonyl (C=O) groups is 1. The molecule has 3 aromatic rings. The number of benzene rings is 1. The van der Waals surface area contributed by atoms with Gasteiger partial charge >= 0.3 is 0 Å². The van der Waals surface area contributed by atoms with Crippen LogP contribution in [0, 0.1) is 5.82 Å². The summed E-state index contributed by atoms with van der Waals surface area (Å²) in [5, 5.41) is 6.21. The summed E-state index contributed by atoms with van der Waals surface area (Å²) in [6.45, 7) is 0.596. The Morgan fingerprint density at radius 1 is 1.19 bits per heavy atom. The summed E-state index contributed by atoms with van der Waals surface area (Å²) in [5.74, 6) is -0.0619. The molecule has 0 aliphatic carbocycles. The summed E-state index contributed by atoms with van der Waals surface area (Å²) >= 11 is 1.58. The summed E-state index contributed by atoms with van der Waals surface area (Å²) in [6.07, 6.45) is 3.77. The Morgan fingerprint density at radius 2 is 2.08 bits per heavy atom. The van der Waals surface area contributed by atoms with Gasteiger partial charge in [-0.3, -0.25) is 4.79 Å². The molecule has 26 heavy (non-hydrogen) atoms. The van der Waals surface area contributed by atoms with Crippen LogP contribution in [0.3, 0.4) is 0 Å². The SMILES string of the molecule is O=C(c1ccccc1F)N1CCCCCC1c1cc(-c2cccs2)on1. The number of thiophene rings is 1. The molecule has 0 radical (unpaired) electrons. The van der Waals surface area contributed by atoms with Gasteiger partial charge < -0.3 is 9.42 Å². The van der Waals surface area contributed by atoms with E-state index in [1.807, 2.05) is 23.6 Å². The van der Waals surface area contributed by atoms with Crippen molar-refractivity contribution in [1.82, 2.24) is 10.1 Å². The monoisotopic (exact) mass is 370 g/mol. The normalized spacial score (nSPS) is 17.9. The van der Waals surface area contributed by atoms with Gasteiger partial charge in [-0.25, -0.2) is 4.39 Å². The molecule has 0 N–H and O–H groups in total. The maximum Gasteiger partial charge on any atom is 0.257 e. The number of nitrogens with zero attached hydrogens (tertiary/aromatic N) is 2. The van der Waals surface area contributed by atoms with Crippen LogP contribution in [0.2, 0.25) is 0 Å². The van der Waals surface area contributed by atoms with Crippen LogP contribution in [-0.2, 0) is 0 Å². The average Bonchev–Trinajstić information content (AvgIpc) is 3.29. The maximum atomic E-state index is 14.1. The number of likely N-dealkylation sites (tertiary alicyclic amines) is 1. The molecule has 6 heteroatoms. The molecule has 0 bridgehead atoms. The smallest absolute Gasteiger partial charge is 0.257 e. The van der Waals surface area contributed by atoms with Crippen molar-refractivity contribution < 1.29 is 13.7 Å². The van der Waals surface area contributed by atoms with Crippen molar-refractivity contribution >= 4 is 17.2 Å². The minimum Gasteiger partial charge on any atom is -0.355 e. The van der Waals surface area contributed by atoms with E-state index in [4.69, 9.17) is 4.52 Å². The number of halogens is 1. The number of hydrogen-bond acceptors (Lipinski definition) is 4. The van der Waals surface area contributed by atoms with Gasteiger partial charge in [-0.1, -0.05) is 36.2 Å². The minimum absolute atomic E-state index is 0.112. The summed E-state index contributed by atoms with van der Waals surface area (Å²) in [5.41, 5.74) is 0.848. The molecule has 0 saturated carbocycles. The average molecular weight is 370 g/mol. The fraction of sp³-hybridized carbons (Fsp3) is 0.300. The second-order valence-electron chi connectivity index (χ2n) is 6.44. The van der Waals surface area contributed by atoms with Gasteiger partial charge in [-0.15, -0.1) is 11.3 Å². The van der Waals surface area contributed by atoms with Gasteiger partial charge in [0.25, 0.3) is 5.91 Å². The molecular weight excluding hydrogens is 351 g/mol. The van der Waals surface area contributed by atoms with Crippen molar-refractivity contribution in [1.29, 1.82) is 0 Å². The Bertz CT molecular complexity index is 891. The predicted molar refractivity (Wildman–Crippen MR) is 98.5 cm³/mol. The zero-order valence-corrected chi connectivity index (χ0v) is 15.0. The van der Waals surface area contributed by atoms with Gasteiger partial charge in [-0.05, 0) is 36.4 Å². The van der Waals surface area contributed by atoms with E-state index in [2.05, 4.69) is 5.16 Å². The molecule has 0 spiro atoms. The Kier molecular flexibility index (Phi) is 4.84. The summed E-state index contributed by atoms with van der Waals surface area (Å²) in [7, 11) is 0. The molecule has 1 amide bonds. The van der Waals surface area contributed by atoms with E-state index in [1.165, 1.54) is 6.07 Å². The van der Waals surface area contributed by atoms with Crippen molar-refractivity contribution in [2.75, 3.05) is 6.54 Å². The lowest BCUT2D eigenvalue weighted by Gasteiger charge is -2.28. The fourth-order valence-electron chi connectivity index (χ4n) is 3.43. The first-order chi connectivity index (χ1) is 12.7. The molecule has 1 unspecified atom stereocenters. The van der Waals surface area contributed by atoms with Crippen LogP contribution in [0.1, 0.15) is 47.8 Å². The van der Waals surface area contributed by atoms with Crippen molar-refractivity contribution in [2.45, 2.75) is 31.7 Å².